The molecule has 1 aliphatic carbocycles. The highest BCUT2D eigenvalue weighted by atomic mass is 28.3. The van der Waals surface area contributed by atoms with Gasteiger partial charge in [-0.15, -0.1) is 0 Å². The Morgan fingerprint density at radius 2 is 1.19 bits per heavy atom. The summed E-state index contributed by atoms with van der Waals surface area (Å²) in [7, 11) is -1.47. The molecule has 122 valence electrons. The molecule has 0 N–H and O–H groups in total. The summed E-state index contributed by atoms with van der Waals surface area (Å²) in [5, 5.41) is 0. The molecule has 0 amide bonds. The van der Waals surface area contributed by atoms with Gasteiger partial charge in [0.05, 0.1) is 0 Å². The van der Waals surface area contributed by atoms with Crippen LogP contribution in [0.4, 0.5) is 0 Å². The number of hydrogen-bond donors (Lipinski definition) is 0. The van der Waals surface area contributed by atoms with Crippen LogP contribution in [0.3, 0.4) is 0 Å². The summed E-state index contributed by atoms with van der Waals surface area (Å²) in [6.45, 7) is 21.8. The summed E-state index contributed by atoms with van der Waals surface area (Å²) < 4.78 is 2.89. The number of rotatable bonds is 8. The largest absolute Gasteiger partial charge is 0.323 e. The van der Waals surface area contributed by atoms with Crippen molar-refractivity contribution >= 4 is 8.24 Å². The second kappa shape index (κ2) is 7.78. The van der Waals surface area contributed by atoms with Crippen molar-refractivity contribution in [3.05, 3.63) is 22.3 Å². The van der Waals surface area contributed by atoms with Gasteiger partial charge in [-0.25, -0.2) is 0 Å². The van der Waals surface area contributed by atoms with Crippen molar-refractivity contribution in [1.29, 1.82) is 0 Å². The van der Waals surface area contributed by atoms with Crippen LogP contribution in [-0.4, -0.2) is 25.9 Å². The van der Waals surface area contributed by atoms with E-state index in [4.69, 9.17) is 0 Å². The maximum Gasteiger partial charge on any atom is 0.133 e. The molecule has 21 heavy (non-hydrogen) atoms. The number of allylic oxidation sites excluding steroid dienone is 4. The highest BCUT2D eigenvalue weighted by Gasteiger charge is 2.42. The van der Waals surface area contributed by atoms with Crippen LogP contribution in [0, 0.1) is 0 Å². The second-order valence-corrected chi connectivity index (χ2v) is 11.9. The minimum absolute atomic E-state index is 0.728. The standard InChI is InChI=1S/C19H37NSi/c1-9-11-13-20(14-12-10-2)21(7,8)19-17(5)15(3)16(4)18(19)6/h19H,9-14H2,1-8H3. The Balaban J connectivity index is 3.04. The van der Waals surface area contributed by atoms with E-state index in [1.54, 1.807) is 22.3 Å². The molecule has 0 saturated heterocycles. The van der Waals surface area contributed by atoms with Crippen molar-refractivity contribution in [1.82, 2.24) is 4.57 Å². The lowest BCUT2D eigenvalue weighted by Gasteiger charge is -2.43. The van der Waals surface area contributed by atoms with Gasteiger partial charge in [-0.1, -0.05) is 50.9 Å². The van der Waals surface area contributed by atoms with Gasteiger partial charge < -0.3 is 4.57 Å². The van der Waals surface area contributed by atoms with Crippen LogP contribution in [0.2, 0.25) is 18.6 Å². The lowest BCUT2D eigenvalue weighted by Crippen LogP contribution is -2.53. The molecule has 0 atom stereocenters. The smallest absolute Gasteiger partial charge is 0.133 e. The van der Waals surface area contributed by atoms with Crippen LogP contribution in [0.1, 0.15) is 67.2 Å². The van der Waals surface area contributed by atoms with Crippen molar-refractivity contribution in [3.63, 3.8) is 0 Å². The Morgan fingerprint density at radius 1 is 0.810 bits per heavy atom. The van der Waals surface area contributed by atoms with E-state index in [2.05, 4.69) is 59.2 Å². The van der Waals surface area contributed by atoms with Gasteiger partial charge in [0.25, 0.3) is 0 Å². The molecular formula is C19H37NSi. The average Bonchev–Trinajstić information content (AvgIpc) is 2.63. The molecule has 0 aromatic heterocycles. The molecule has 0 aromatic rings. The van der Waals surface area contributed by atoms with Crippen LogP contribution < -0.4 is 0 Å². The SMILES string of the molecule is CCCCN(CCCC)[Si](C)(C)C1C(C)=C(C)C(C)=C1C. The van der Waals surface area contributed by atoms with Crippen molar-refractivity contribution < 1.29 is 0 Å². The molecule has 0 bridgehead atoms. The van der Waals surface area contributed by atoms with E-state index in [1.165, 1.54) is 38.8 Å². The minimum atomic E-state index is -1.47. The summed E-state index contributed by atoms with van der Waals surface area (Å²) in [6, 6.07) is 0. The molecule has 1 aliphatic rings. The maximum absolute atomic E-state index is 2.89. The second-order valence-electron chi connectivity index (χ2n) is 7.40. The Hall–Kier alpha value is -0.343. The summed E-state index contributed by atoms with van der Waals surface area (Å²) in [4.78, 5) is 0. The lowest BCUT2D eigenvalue weighted by molar-refractivity contribution is 0.395. The van der Waals surface area contributed by atoms with Gasteiger partial charge in [0.2, 0.25) is 0 Å². The molecule has 0 unspecified atom stereocenters. The first-order valence-corrected chi connectivity index (χ1v) is 11.9. The average molecular weight is 308 g/mol. The summed E-state index contributed by atoms with van der Waals surface area (Å²) in [6.07, 6.45) is 5.30. The molecule has 0 spiro atoms. The summed E-state index contributed by atoms with van der Waals surface area (Å²) in [5.74, 6) is 0. The summed E-state index contributed by atoms with van der Waals surface area (Å²) in [5.41, 5.74) is 7.15. The lowest BCUT2D eigenvalue weighted by atomic mass is 10.1. The van der Waals surface area contributed by atoms with E-state index >= 15 is 0 Å². The van der Waals surface area contributed by atoms with Crippen LogP contribution in [0.25, 0.3) is 0 Å². The molecule has 0 aliphatic heterocycles. The van der Waals surface area contributed by atoms with Crippen LogP contribution in [0.15, 0.2) is 22.3 Å². The zero-order valence-corrected chi connectivity index (χ0v) is 16.8. The highest BCUT2D eigenvalue weighted by molar-refractivity contribution is 6.77. The first-order valence-electron chi connectivity index (χ1n) is 8.89. The Bertz CT molecular complexity index is 385. The van der Waals surface area contributed by atoms with Gasteiger partial charge >= 0.3 is 0 Å². The van der Waals surface area contributed by atoms with Gasteiger partial charge in [-0.2, -0.15) is 0 Å². The van der Waals surface area contributed by atoms with E-state index in [-0.39, 0.29) is 0 Å². The maximum atomic E-state index is 2.89. The van der Waals surface area contributed by atoms with E-state index < -0.39 is 8.24 Å². The molecule has 2 heteroatoms. The molecule has 1 rings (SSSR count). The monoisotopic (exact) mass is 307 g/mol. The molecule has 0 fully saturated rings. The molecule has 0 radical (unpaired) electrons. The molecule has 1 nitrogen and oxygen atoms in total. The van der Waals surface area contributed by atoms with E-state index in [0.717, 1.165) is 5.54 Å². The van der Waals surface area contributed by atoms with Crippen LogP contribution >= 0.6 is 0 Å². The topological polar surface area (TPSA) is 3.24 Å². The number of nitrogens with zero attached hydrogens (tertiary/aromatic N) is 1. The fourth-order valence-corrected chi connectivity index (χ4v) is 8.36. The molecule has 0 saturated carbocycles. The van der Waals surface area contributed by atoms with E-state index in [9.17, 15) is 0 Å². The van der Waals surface area contributed by atoms with Crippen molar-refractivity contribution in [3.8, 4) is 0 Å². The minimum Gasteiger partial charge on any atom is -0.323 e. The highest BCUT2D eigenvalue weighted by Crippen LogP contribution is 2.47. The van der Waals surface area contributed by atoms with Crippen LogP contribution in [-0.2, 0) is 0 Å². The third-order valence-electron chi connectivity index (χ3n) is 5.70. The molecule has 0 heterocycles. The quantitative estimate of drug-likeness (QED) is 0.486. The molecule has 0 aromatic carbocycles. The fraction of sp³-hybridized carbons (Fsp3) is 0.789. The molecular weight excluding hydrogens is 270 g/mol. The van der Waals surface area contributed by atoms with Crippen molar-refractivity contribution in [2.75, 3.05) is 13.1 Å². The van der Waals surface area contributed by atoms with E-state index in [0.29, 0.717) is 0 Å². The third kappa shape index (κ3) is 3.90. The van der Waals surface area contributed by atoms with Gasteiger partial charge in [0.15, 0.2) is 0 Å². The third-order valence-corrected chi connectivity index (χ3v) is 10.1. The van der Waals surface area contributed by atoms with Crippen LogP contribution in [0.5, 0.6) is 0 Å². The van der Waals surface area contributed by atoms with Gasteiger partial charge in [-0.3, -0.25) is 0 Å². The number of unbranched alkanes of at least 4 members (excludes halogenated alkanes) is 2. The summed E-state index contributed by atoms with van der Waals surface area (Å²) >= 11 is 0. The fourth-order valence-electron chi connectivity index (χ4n) is 3.98. The first-order chi connectivity index (χ1) is 9.78. The van der Waals surface area contributed by atoms with Gasteiger partial charge in [-0.05, 0) is 64.8 Å². The zero-order chi connectivity index (χ0) is 16.2. The Labute approximate surface area is 134 Å². The predicted molar refractivity (Wildman–Crippen MR) is 99.4 cm³/mol. The first kappa shape index (κ1) is 18.7. The van der Waals surface area contributed by atoms with Crippen molar-refractivity contribution in [2.24, 2.45) is 0 Å². The zero-order valence-electron chi connectivity index (χ0n) is 15.8. The van der Waals surface area contributed by atoms with Gasteiger partial charge in [0.1, 0.15) is 8.24 Å². The normalized spacial score (nSPS) is 17.6. The van der Waals surface area contributed by atoms with E-state index in [1.807, 2.05) is 0 Å². The Morgan fingerprint density at radius 3 is 1.52 bits per heavy atom. The van der Waals surface area contributed by atoms with Gasteiger partial charge in [0, 0.05) is 5.54 Å². The van der Waals surface area contributed by atoms with Crippen molar-refractivity contribution in [2.45, 2.75) is 85.9 Å². The Kier molecular flexibility index (Phi) is 6.93. The number of hydrogen-bond acceptors (Lipinski definition) is 1. The predicted octanol–water partition coefficient (Wildman–Crippen LogP) is 6.15.